The first kappa shape index (κ1) is 8.47. The Bertz CT molecular complexity index is 234. The number of hydrogen-bond donors (Lipinski definition) is 0. The summed E-state index contributed by atoms with van der Waals surface area (Å²) in [6.45, 7) is 1.48. The first-order valence-corrected chi connectivity index (χ1v) is 3.65. The van der Waals surface area contributed by atoms with Crippen molar-refractivity contribution >= 4 is 16.8 Å². The quantitative estimate of drug-likeness (QED) is 0.557. The predicted octanol–water partition coefficient (Wildman–Crippen LogP) is 2.22. The molecule has 2 unspecified atom stereocenters. The van der Waals surface area contributed by atoms with Crippen molar-refractivity contribution in [3.05, 3.63) is 24.3 Å². The third-order valence-electron chi connectivity index (χ3n) is 1.83. The van der Waals surface area contributed by atoms with Crippen LogP contribution in [0.5, 0.6) is 0 Å². The zero-order valence-electron chi connectivity index (χ0n) is 6.05. The van der Waals surface area contributed by atoms with Crippen LogP contribution in [0, 0.1) is 5.41 Å². The van der Waals surface area contributed by atoms with E-state index in [0.717, 1.165) is 0 Å². The Morgan fingerprint density at radius 3 is 2.64 bits per heavy atom. The van der Waals surface area contributed by atoms with Gasteiger partial charge in [0.05, 0.1) is 5.41 Å². The first-order valence-electron chi connectivity index (χ1n) is 3.27. The van der Waals surface area contributed by atoms with Gasteiger partial charge in [0.25, 0.3) is 0 Å². The van der Waals surface area contributed by atoms with E-state index in [2.05, 4.69) is 0 Å². The van der Waals surface area contributed by atoms with Crippen LogP contribution in [-0.4, -0.2) is 11.4 Å². The summed E-state index contributed by atoms with van der Waals surface area (Å²) in [4.78, 5) is 10.8. The van der Waals surface area contributed by atoms with Crippen LogP contribution in [0.3, 0.4) is 0 Å². The average molecular weight is 175 g/mol. The Kier molecular flexibility index (Phi) is 2.14. The molecular weight excluding hydrogens is 167 g/mol. The second-order valence-electron chi connectivity index (χ2n) is 2.70. The van der Waals surface area contributed by atoms with Crippen LogP contribution >= 0.6 is 11.6 Å². The first-order chi connectivity index (χ1) is 5.07. The molecule has 2 atom stereocenters. The lowest BCUT2D eigenvalue weighted by atomic mass is 9.83. The summed E-state index contributed by atoms with van der Waals surface area (Å²) in [6.07, 6.45) is 4.67. The molecule has 0 saturated carbocycles. The maximum Gasteiger partial charge on any atom is 0.234 e. The van der Waals surface area contributed by atoms with Crippen molar-refractivity contribution < 1.29 is 9.18 Å². The van der Waals surface area contributed by atoms with E-state index in [1.807, 2.05) is 0 Å². The molecule has 1 aliphatic rings. The Morgan fingerprint density at radius 2 is 2.27 bits per heavy atom. The fraction of sp³-hybridized carbons (Fsp3) is 0.375. The minimum absolute atomic E-state index is 0.661. The minimum atomic E-state index is -1.31. The molecule has 0 spiro atoms. The number of halogens is 2. The van der Waals surface area contributed by atoms with E-state index < -0.39 is 16.8 Å². The number of allylic oxidation sites excluding steroid dienone is 4. The molecule has 3 heteroatoms. The molecule has 0 fully saturated rings. The molecule has 0 radical (unpaired) electrons. The van der Waals surface area contributed by atoms with Crippen LogP contribution in [0.2, 0.25) is 0 Å². The number of hydrogen-bond acceptors (Lipinski definition) is 1. The molecule has 0 N–H and O–H groups in total. The largest absolute Gasteiger partial charge is 0.280 e. The lowest BCUT2D eigenvalue weighted by Gasteiger charge is -2.25. The summed E-state index contributed by atoms with van der Waals surface area (Å²) < 4.78 is 13.0. The van der Waals surface area contributed by atoms with Gasteiger partial charge in [0.1, 0.15) is 6.17 Å². The second-order valence-corrected chi connectivity index (χ2v) is 3.05. The second kappa shape index (κ2) is 2.78. The molecule has 0 aliphatic heterocycles. The topological polar surface area (TPSA) is 17.1 Å². The molecule has 1 aliphatic carbocycles. The highest BCUT2D eigenvalue weighted by Gasteiger charge is 2.37. The molecule has 1 nitrogen and oxygen atoms in total. The fourth-order valence-corrected chi connectivity index (χ4v) is 1.05. The fourth-order valence-electron chi connectivity index (χ4n) is 0.883. The summed E-state index contributed by atoms with van der Waals surface area (Å²) in [5.74, 6) is 0. The number of carbonyl (C=O) groups is 1. The minimum Gasteiger partial charge on any atom is -0.280 e. The summed E-state index contributed by atoms with van der Waals surface area (Å²) in [5, 5.41) is -0.661. The highest BCUT2D eigenvalue weighted by molar-refractivity contribution is 6.65. The van der Waals surface area contributed by atoms with Crippen LogP contribution in [0.4, 0.5) is 4.39 Å². The molecule has 0 bridgehead atoms. The van der Waals surface area contributed by atoms with E-state index in [4.69, 9.17) is 11.6 Å². The third-order valence-corrected chi connectivity index (χ3v) is 2.24. The zero-order chi connectivity index (χ0) is 8.48. The van der Waals surface area contributed by atoms with Gasteiger partial charge in [0.2, 0.25) is 5.24 Å². The Hall–Kier alpha value is -0.630. The van der Waals surface area contributed by atoms with Crippen LogP contribution in [0.25, 0.3) is 0 Å². The van der Waals surface area contributed by atoms with E-state index in [1.54, 1.807) is 12.2 Å². The van der Waals surface area contributed by atoms with Crippen LogP contribution < -0.4 is 0 Å². The van der Waals surface area contributed by atoms with Crippen molar-refractivity contribution in [2.24, 2.45) is 5.41 Å². The Balaban J connectivity index is 2.94. The summed E-state index contributed by atoms with van der Waals surface area (Å²) in [7, 11) is 0. The smallest absolute Gasteiger partial charge is 0.234 e. The lowest BCUT2D eigenvalue weighted by Crippen LogP contribution is -2.32. The van der Waals surface area contributed by atoms with Crippen molar-refractivity contribution in [1.82, 2.24) is 0 Å². The predicted molar refractivity (Wildman–Crippen MR) is 42.1 cm³/mol. The van der Waals surface area contributed by atoms with Crippen molar-refractivity contribution in [3.8, 4) is 0 Å². The van der Waals surface area contributed by atoms with Crippen molar-refractivity contribution in [1.29, 1.82) is 0 Å². The van der Waals surface area contributed by atoms with Crippen LogP contribution in [-0.2, 0) is 4.79 Å². The molecule has 60 valence electrons. The van der Waals surface area contributed by atoms with Gasteiger partial charge in [-0.25, -0.2) is 4.39 Å². The van der Waals surface area contributed by atoms with Crippen molar-refractivity contribution in [2.75, 3.05) is 0 Å². The summed E-state index contributed by atoms with van der Waals surface area (Å²) >= 11 is 5.23. The van der Waals surface area contributed by atoms with E-state index in [1.165, 1.54) is 19.1 Å². The van der Waals surface area contributed by atoms with Crippen LogP contribution in [0.1, 0.15) is 6.92 Å². The van der Waals surface area contributed by atoms with Gasteiger partial charge in [-0.2, -0.15) is 0 Å². The SMILES string of the molecule is CC1(C(=O)Cl)C=CC=CC1F. The van der Waals surface area contributed by atoms with E-state index in [-0.39, 0.29) is 0 Å². The molecular formula is C8H8ClFO. The van der Waals surface area contributed by atoms with Gasteiger partial charge in [-0.3, -0.25) is 4.79 Å². The number of alkyl halides is 1. The molecule has 1 rings (SSSR count). The number of rotatable bonds is 1. The lowest BCUT2D eigenvalue weighted by molar-refractivity contribution is -0.119. The zero-order valence-corrected chi connectivity index (χ0v) is 6.81. The maximum atomic E-state index is 13.0. The molecule has 0 aromatic rings. The van der Waals surface area contributed by atoms with Gasteiger partial charge in [-0.05, 0) is 24.6 Å². The Labute approximate surface area is 69.5 Å². The molecule has 0 aromatic heterocycles. The maximum absolute atomic E-state index is 13.0. The average Bonchev–Trinajstić information content (AvgIpc) is 1.95. The van der Waals surface area contributed by atoms with E-state index in [0.29, 0.717) is 0 Å². The molecule has 0 saturated heterocycles. The van der Waals surface area contributed by atoms with Gasteiger partial charge >= 0.3 is 0 Å². The molecule has 0 heterocycles. The van der Waals surface area contributed by atoms with Gasteiger partial charge < -0.3 is 0 Å². The van der Waals surface area contributed by atoms with Gasteiger partial charge in [0, 0.05) is 0 Å². The highest BCUT2D eigenvalue weighted by Crippen LogP contribution is 2.32. The third kappa shape index (κ3) is 1.36. The van der Waals surface area contributed by atoms with E-state index in [9.17, 15) is 9.18 Å². The summed E-state index contributed by atoms with van der Waals surface area (Å²) in [5.41, 5.74) is -1.17. The number of carbonyl (C=O) groups excluding carboxylic acids is 1. The summed E-state index contributed by atoms with van der Waals surface area (Å²) in [6, 6.07) is 0. The van der Waals surface area contributed by atoms with E-state index >= 15 is 0 Å². The normalized spacial score (nSPS) is 35.7. The standard InChI is InChI=1S/C8H8ClFO/c1-8(7(9)11)5-3-2-4-6(8)10/h2-6H,1H3. The van der Waals surface area contributed by atoms with Crippen molar-refractivity contribution in [2.45, 2.75) is 13.1 Å². The highest BCUT2D eigenvalue weighted by atomic mass is 35.5. The molecule has 0 aromatic carbocycles. The molecule has 11 heavy (non-hydrogen) atoms. The van der Waals surface area contributed by atoms with Gasteiger partial charge in [0.15, 0.2) is 0 Å². The van der Waals surface area contributed by atoms with Crippen molar-refractivity contribution in [3.63, 3.8) is 0 Å². The van der Waals surface area contributed by atoms with Gasteiger partial charge in [-0.15, -0.1) is 0 Å². The van der Waals surface area contributed by atoms with Gasteiger partial charge in [-0.1, -0.05) is 18.2 Å². The monoisotopic (exact) mass is 174 g/mol. The molecule has 0 amide bonds. The Morgan fingerprint density at radius 1 is 1.64 bits per heavy atom. The van der Waals surface area contributed by atoms with Crippen LogP contribution in [0.15, 0.2) is 24.3 Å².